The molecule has 4 rings (SSSR count). The van der Waals surface area contributed by atoms with Gasteiger partial charge in [0.25, 0.3) is 0 Å². The number of carbonyl (C=O) groups is 1. The molecule has 0 bridgehead atoms. The lowest BCUT2D eigenvalue weighted by Crippen LogP contribution is -2.27. The Balaban J connectivity index is 2.00. The maximum atomic E-state index is 12.9. The van der Waals surface area contributed by atoms with E-state index in [1.54, 1.807) is 6.92 Å². The van der Waals surface area contributed by atoms with Gasteiger partial charge in [0.05, 0.1) is 11.4 Å². The van der Waals surface area contributed by atoms with E-state index < -0.39 is 0 Å². The molecule has 1 aliphatic carbocycles. The number of nitrogens with zero attached hydrogens (tertiary/aromatic N) is 3. The Hall–Kier alpha value is -2.88. The molecule has 2 aromatic heterocycles. The van der Waals surface area contributed by atoms with E-state index in [9.17, 15) is 4.79 Å². The van der Waals surface area contributed by atoms with Gasteiger partial charge in [-0.3, -0.25) is 14.1 Å². The first kappa shape index (κ1) is 17.5. The van der Waals surface area contributed by atoms with Crippen molar-refractivity contribution in [1.29, 1.82) is 0 Å². The first-order valence-corrected chi connectivity index (χ1v) is 9.57. The summed E-state index contributed by atoms with van der Waals surface area (Å²) in [6, 6.07) is 12.1. The van der Waals surface area contributed by atoms with Crippen molar-refractivity contribution in [3.8, 4) is 0 Å². The van der Waals surface area contributed by atoms with Crippen LogP contribution in [0.3, 0.4) is 0 Å². The van der Waals surface area contributed by atoms with Gasteiger partial charge in [0.15, 0.2) is 0 Å². The van der Waals surface area contributed by atoms with E-state index in [-0.39, 0.29) is 5.91 Å². The molecular formula is C23H25N3O. The van der Waals surface area contributed by atoms with Gasteiger partial charge in [0.2, 0.25) is 5.91 Å². The minimum absolute atomic E-state index is 0.00524. The fourth-order valence-corrected chi connectivity index (χ4v) is 4.11. The Bertz CT molecular complexity index is 1010. The molecule has 0 radical (unpaired) electrons. The van der Waals surface area contributed by atoms with Gasteiger partial charge in [-0.2, -0.15) is 0 Å². The fourth-order valence-electron chi connectivity index (χ4n) is 4.11. The Morgan fingerprint density at radius 3 is 2.56 bits per heavy atom. The van der Waals surface area contributed by atoms with Gasteiger partial charge >= 0.3 is 0 Å². The zero-order chi connectivity index (χ0) is 19.0. The lowest BCUT2D eigenvalue weighted by Gasteiger charge is -2.27. The summed E-state index contributed by atoms with van der Waals surface area (Å²) in [6.07, 6.45) is 9.56. The highest BCUT2D eigenvalue weighted by Crippen LogP contribution is 2.40. The number of anilines is 2. The van der Waals surface area contributed by atoms with Crippen LogP contribution in [0.1, 0.15) is 48.9 Å². The van der Waals surface area contributed by atoms with Crippen LogP contribution in [-0.2, 0) is 4.79 Å². The van der Waals surface area contributed by atoms with Crippen molar-refractivity contribution in [3.05, 3.63) is 71.6 Å². The summed E-state index contributed by atoms with van der Waals surface area (Å²) < 4.78 is 2.06. The molecule has 1 atom stereocenters. The number of benzene rings is 1. The first-order chi connectivity index (χ1) is 13.1. The third-order valence-electron chi connectivity index (χ3n) is 5.38. The molecule has 2 heterocycles. The molecule has 0 N–H and O–H groups in total. The van der Waals surface area contributed by atoms with Crippen LogP contribution in [0, 0.1) is 13.8 Å². The largest absolute Gasteiger partial charge is 0.285 e. The highest BCUT2D eigenvalue weighted by molar-refractivity contribution is 6.00. The third-order valence-corrected chi connectivity index (χ3v) is 5.38. The zero-order valence-electron chi connectivity index (χ0n) is 16.1. The van der Waals surface area contributed by atoms with E-state index in [0.717, 1.165) is 53.2 Å². The van der Waals surface area contributed by atoms with E-state index in [4.69, 9.17) is 4.98 Å². The Morgan fingerprint density at radius 1 is 1.11 bits per heavy atom. The number of pyridine rings is 1. The van der Waals surface area contributed by atoms with E-state index >= 15 is 0 Å². The Labute approximate surface area is 160 Å². The summed E-state index contributed by atoms with van der Waals surface area (Å²) in [5.74, 6) is 1.22. The van der Waals surface area contributed by atoms with Gasteiger partial charge in [-0.05, 0) is 56.4 Å². The SMILES string of the molecule is CC(=O)N(c1c(C)cccc1C)c1c(C2CC=CCC2)nc2ccccn12. The predicted octanol–water partition coefficient (Wildman–Crippen LogP) is 5.46. The van der Waals surface area contributed by atoms with Crippen molar-refractivity contribution in [2.45, 2.75) is 46.0 Å². The van der Waals surface area contributed by atoms with Crippen LogP contribution in [0.15, 0.2) is 54.7 Å². The smallest absolute Gasteiger partial charge is 0.229 e. The number of fused-ring (bicyclic) bond motifs is 1. The molecule has 0 saturated heterocycles. The maximum Gasteiger partial charge on any atom is 0.229 e. The van der Waals surface area contributed by atoms with E-state index in [2.05, 4.69) is 42.5 Å². The van der Waals surface area contributed by atoms with Crippen LogP contribution in [0.4, 0.5) is 11.5 Å². The third kappa shape index (κ3) is 3.05. The van der Waals surface area contributed by atoms with Crippen LogP contribution in [0.25, 0.3) is 5.65 Å². The van der Waals surface area contributed by atoms with Crippen molar-refractivity contribution in [1.82, 2.24) is 9.38 Å². The standard InChI is InChI=1S/C23H25N3O/c1-16-10-9-11-17(2)22(16)26(18(3)27)23-21(19-12-5-4-6-13-19)24-20-14-7-8-15-25(20)23/h4-5,7-11,14-15,19H,6,12-13H2,1-3H3. The Kier molecular flexibility index (Phi) is 4.56. The molecule has 4 nitrogen and oxygen atoms in total. The maximum absolute atomic E-state index is 12.9. The molecule has 1 unspecified atom stereocenters. The summed E-state index contributed by atoms with van der Waals surface area (Å²) in [5, 5.41) is 0. The number of rotatable bonds is 3. The average molecular weight is 359 g/mol. The Morgan fingerprint density at radius 2 is 1.89 bits per heavy atom. The van der Waals surface area contributed by atoms with Gasteiger partial charge in [-0.1, -0.05) is 36.4 Å². The van der Waals surface area contributed by atoms with E-state index in [1.165, 1.54) is 0 Å². The fraction of sp³-hybridized carbons (Fsp3) is 0.304. The molecular weight excluding hydrogens is 334 g/mol. The molecule has 0 fully saturated rings. The summed E-state index contributed by atoms with van der Waals surface area (Å²) in [4.78, 5) is 19.7. The molecule has 0 spiro atoms. The normalized spacial score (nSPS) is 16.6. The zero-order valence-corrected chi connectivity index (χ0v) is 16.1. The number of carbonyl (C=O) groups excluding carboxylic acids is 1. The number of amides is 1. The quantitative estimate of drug-likeness (QED) is 0.582. The monoisotopic (exact) mass is 359 g/mol. The van der Waals surface area contributed by atoms with Crippen LogP contribution in [-0.4, -0.2) is 15.3 Å². The molecule has 3 aromatic rings. The molecule has 0 saturated carbocycles. The first-order valence-electron chi connectivity index (χ1n) is 9.57. The second-order valence-electron chi connectivity index (χ2n) is 7.33. The van der Waals surface area contributed by atoms with Gasteiger partial charge in [-0.15, -0.1) is 0 Å². The van der Waals surface area contributed by atoms with Crippen molar-refractivity contribution in [3.63, 3.8) is 0 Å². The molecule has 27 heavy (non-hydrogen) atoms. The van der Waals surface area contributed by atoms with Crippen molar-refractivity contribution >= 4 is 23.1 Å². The average Bonchev–Trinajstić information content (AvgIpc) is 3.04. The molecule has 1 aliphatic rings. The molecule has 138 valence electrons. The van der Waals surface area contributed by atoms with Gasteiger partial charge in [-0.25, -0.2) is 4.98 Å². The summed E-state index contributed by atoms with van der Waals surface area (Å²) in [5.41, 5.74) is 5.04. The van der Waals surface area contributed by atoms with Gasteiger partial charge in [0, 0.05) is 19.0 Å². The molecule has 0 aliphatic heterocycles. The highest BCUT2D eigenvalue weighted by atomic mass is 16.2. The van der Waals surface area contributed by atoms with Crippen molar-refractivity contribution in [2.24, 2.45) is 0 Å². The van der Waals surface area contributed by atoms with Crippen LogP contribution < -0.4 is 4.90 Å². The van der Waals surface area contributed by atoms with Crippen LogP contribution in [0.5, 0.6) is 0 Å². The number of hydrogen-bond acceptors (Lipinski definition) is 2. The topological polar surface area (TPSA) is 37.6 Å². The highest BCUT2D eigenvalue weighted by Gasteiger charge is 2.29. The molecule has 1 amide bonds. The lowest BCUT2D eigenvalue weighted by molar-refractivity contribution is -0.115. The number of allylic oxidation sites excluding steroid dienone is 2. The minimum Gasteiger partial charge on any atom is -0.285 e. The summed E-state index contributed by atoms with van der Waals surface area (Å²) >= 11 is 0. The minimum atomic E-state index is 0.00524. The van der Waals surface area contributed by atoms with Crippen molar-refractivity contribution in [2.75, 3.05) is 4.90 Å². The van der Waals surface area contributed by atoms with Crippen LogP contribution in [0.2, 0.25) is 0 Å². The number of aryl methyl sites for hydroxylation is 2. The number of hydrogen-bond donors (Lipinski definition) is 0. The summed E-state index contributed by atoms with van der Waals surface area (Å²) in [6.45, 7) is 5.76. The summed E-state index contributed by atoms with van der Waals surface area (Å²) in [7, 11) is 0. The van der Waals surface area contributed by atoms with E-state index in [0.29, 0.717) is 5.92 Å². The van der Waals surface area contributed by atoms with Crippen LogP contribution >= 0.6 is 0 Å². The molecule has 4 heteroatoms. The van der Waals surface area contributed by atoms with E-state index in [1.807, 2.05) is 35.4 Å². The second kappa shape index (κ2) is 7.03. The lowest BCUT2D eigenvalue weighted by atomic mass is 9.91. The molecule has 1 aromatic carbocycles. The van der Waals surface area contributed by atoms with Gasteiger partial charge < -0.3 is 0 Å². The number of imidazole rings is 1. The van der Waals surface area contributed by atoms with Gasteiger partial charge in [0.1, 0.15) is 11.5 Å². The van der Waals surface area contributed by atoms with Crippen molar-refractivity contribution < 1.29 is 4.79 Å². The number of aromatic nitrogens is 2. The predicted molar refractivity (Wildman–Crippen MR) is 110 cm³/mol. The second-order valence-corrected chi connectivity index (χ2v) is 7.33. The number of para-hydroxylation sites is 1.